The zero-order valence-corrected chi connectivity index (χ0v) is 12.9. The Bertz CT molecular complexity index is 708. The Morgan fingerprint density at radius 1 is 0.652 bits per heavy atom. The maximum atomic E-state index is 13.0. The van der Waals surface area contributed by atoms with E-state index in [9.17, 15) is 9.59 Å². The Labute approximate surface area is 134 Å². The zero-order chi connectivity index (χ0) is 16.4. The van der Waals surface area contributed by atoms with Crippen molar-refractivity contribution >= 4 is 22.7 Å². The van der Waals surface area contributed by atoms with Gasteiger partial charge in [-0.05, 0) is 11.1 Å². The van der Waals surface area contributed by atoms with Crippen molar-refractivity contribution in [3.8, 4) is 0 Å². The molecule has 2 aromatic rings. The first-order valence-corrected chi connectivity index (χ1v) is 7.20. The van der Waals surface area contributed by atoms with E-state index >= 15 is 0 Å². The molecule has 0 bridgehead atoms. The van der Waals surface area contributed by atoms with Crippen LogP contribution < -0.4 is 0 Å². The minimum absolute atomic E-state index is 0.325. The molecule has 4 nitrogen and oxygen atoms in total. The van der Waals surface area contributed by atoms with Crippen LogP contribution in [0, 0.1) is 0 Å². The van der Waals surface area contributed by atoms with E-state index in [4.69, 9.17) is 9.47 Å². The Morgan fingerprint density at radius 2 is 1.00 bits per heavy atom. The second kappa shape index (κ2) is 5.91. The molecule has 0 saturated carbocycles. The Kier molecular flexibility index (Phi) is 3.94. The lowest BCUT2D eigenvalue weighted by Crippen LogP contribution is -2.46. The summed E-state index contributed by atoms with van der Waals surface area (Å²) in [6.07, 6.45) is 0. The van der Waals surface area contributed by atoms with Gasteiger partial charge in [-0.25, -0.2) is 0 Å². The molecule has 0 unspecified atom stereocenters. The van der Waals surface area contributed by atoms with Crippen LogP contribution in [0.4, 0.5) is 0 Å². The van der Waals surface area contributed by atoms with E-state index in [1.54, 1.807) is 24.3 Å². The number of ketones is 2. The first-order chi connectivity index (χ1) is 11.2. The van der Waals surface area contributed by atoms with Crippen molar-refractivity contribution in [1.29, 1.82) is 0 Å². The number of hydrogen-bond acceptors (Lipinski definition) is 4. The molecule has 0 heterocycles. The molecule has 2 aromatic carbocycles. The normalized spacial score (nSPS) is 17.0. The number of carbonyl (C=O) groups is 2. The topological polar surface area (TPSA) is 52.6 Å². The Balaban J connectivity index is 2.29. The van der Waals surface area contributed by atoms with Crippen LogP contribution in [0.3, 0.4) is 0 Å². The molecule has 23 heavy (non-hydrogen) atoms. The molecule has 0 aliphatic heterocycles. The highest BCUT2D eigenvalue weighted by Gasteiger charge is 2.56. The van der Waals surface area contributed by atoms with Gasteiger partial charge in [-0.1, -0.05) is 60.7 Å². The van der Waals surface area contributed by atoms with E-state index in [0.29, 0.717) is 22.3 Å². The lowest BCUT2D eigenvalue weighted by molar-refractivity contribution is -0.197. The standard InChI is InChI=1S/C19H16O4/c1-22-19(23-2)17(20)15(13-9-5-3-6-10-13)16(18(19)21)14-11-7-4-8-12-14/h3-12H,1-2H3. The lowest BCUT2D eigenvalue weighted by atomic mass is 9.96. The quantitative estimate of drug-likeness (QED) is 0.644. The summed E-state index contributed by atoms with van der Waals surface area (Å²) in [6, 6.07) is 18.2. The van der Waals surface area contributed by atoms with Gasteiger partial charge < -0.3 is 9.47 Å². The molecule has 0 amide bonds. The van der Waals surface area contributed by atoms with Gasteiger partial charge in [0.15, 0.2) is 0 Å². The number of carbonyl (C=O) groups excluding carboxylic acids is 2. The van der Waals surface area contributed by atoms with Gasteiger partial charge in [-0.15, -0.1) is 0 Å². The number of benzene rings is 2. The number of hydrogen-bond donors (Lipinski definition) is 0. The van der Waals surface area contributed by atoms with Crippen LogP contribution in [0.1, 0.15) is 11.1 Å². The molecule has 0 aromatic heterocycles. The first-order valence-electron chi connectivity index (χ1n) is 7.20. The van der Waals surface area contributed by atoms with Crippen molar-refractivity contribution in [2.75, 3.05) is 14.2 Å². The van der Waals surface area contributed by atoms with Crippen LogP contribution in [-0.4, -0.2) is 31.6 Å². The molecule has 0 fully saturated rings. The summed E-state index contributed by atoms with van der Waals surface area (Å²) in [6.45, 7) is 0. The molecular weight excluding hydrogens is 292 g/mol. The third-order valence-corrected chi connectivity index (χ3v) is 4.00. The van der Waals surface area contributed by atoms with E-state index in [1.165, 1.54) is 14.2 Å². The minimum Gasteiger partial charge on any atom is -0.341 e. The molecule has 1 aliphatic rings. The maximum Gasteiger partial charge on any atom is 0.299 e. The highest BCUT2D eigenvalue weighted by Crippen LogP contribution is 2.41. The minimum atomic E-state index is -1.91. The molecule has 1 aliphatic carbocycles. The van der Waals surface area contributed by atoms with Crippen LogP contribution in [-0.2, 0) is 19.1 Å². The van der Waals surface area contributed by atoms with Crippen molar-refractivity contribution in [1.82, 2.24) is 0 Å². The summed E-state index contributed by atoms with van der Waals surface area (Å²) >= 11 is 0. The van der Waals surface area contributed by atoms with Crippen molar-refractivity contribution in [2.45, 2.75) is 5.79 Å². The van der Waals surface area contributed by atoms with Crippen LogP contribution in [0.2, 0.25) is 0 Å². The molecule has 0 radical (unpaired) electrons. The van der Waals surface area contributed by atoms with Crippen LogP contribution in [0.5, 0.6) is 0 Å². The highest BCUT2D eigenvalue weighted by atomic mass is 16.7. The molecule has 0 atom stereocenters. The number of methoxy groups -OCH3 is 2. The number of ether oxygens (including phenoxy) is 2. The molecule has 4 heteroatoms. The predicted octanol–water partition coefficient (Wildman–Crippen LogP) is 2.74. The van der Waals surface area contributed by atoms with Crippen molar-refractivity contribution in [3.05, 3.63) is 71.8 Å². The monoisotopic (exact) mass is 308 g/mol. The summed E-state index contributed by atoms with van der Waals surface area (Å²) in [4.78, 5) is 25.9. The molecule has 3 rings (SSSR count). The zero-order valence-electron chi connectivity index (χ0n) is 12.9. The van der Waals surface area contributed by atoms with Crippen molar-refractivity contribution in [3.63, 3.8) is 0 Å². The van der Waals surface area contributed by atoms with E-state index in [-0.39, 0.29) is 0 Å². The average Bonchev–Trinajstić information content (AvgIpc) is 2.84. The van der Waals surface area contributed by atoms with Gasteiger partial charge in [0.1, 0.15) is 0 Å². The van der Waals surface area contributed by atoms with Gasteiger partial charge >= 0.3 is 0 Å². The second-order valence-electron chi connectivity index (χ2n) is 5.17. The summed E-state index contributed by atoms with van der Waals surface area (Å²) in [5.74, 6) is -2.86. The van der Waals surface area contributed by atoms with Gasteiger partial charge in [-0.3, -0.25) is 9.59 Å². The summed E-state index contributed by atoms with van der Waals surface area (Å²) in [5, 5.41) is 0. The van der Waals surface area contributed by atoms with Gasteiger partial charge in [0.05, 0.1) is 0 Å². The fourth-order valence-corrected chi connectivity index (χ4v) is 2.87. The number of Topliss-reactive ketones (excluding diaryl/α,β-unsaturated/α-hetero) is 2. The van der Waals surface area contributed by atoms with Crippen LogP contribution in [0.25, 0.3) is 11.1 Å². The maximum absolute atomic E-state index is 13.0. The Morgan fingerprint density at radius 3 is 1.30 bits per heavy atom. The molecule has 0 N–H and O–H groups in total. The molecular formula is C19H16O4. The predicted molar refractivity (Wildman–Crippen MR) is 86.5 cm³/mol. The fourth-order valence-electron chi connectivity index (χ4n) is 2.87. The van der Waals surface area contributed by atoms with E-state index < -0.39 is 17.4 Å². The fraction of sp³-hybridized carbons (Fsp3) is 0.158. The van der Waals surface area contributed by atoms with Crippen molar-refractivity contribution in [2.24, 2.45) is 0 Å². The molecule has 116 valence electrons. The van der Waals surface area contributed by atoms with Gasteiger partial charge in [0.2, 0.25) is 11.6 Å². The van der Waals surface area contributed by atoms with Crippen LogP contribution in [0.15, 0.2) is 60.7 Å². The Hall–Kier alpha value is -2.56. The van der Waals surface area contributed by atoms with E-state index in [0.717, 1.165) is 0 Å². The molecule has 0 spiro atoms. The van der Waals surface area contributed by atoms with Gasteiger partial charge in [0, 0.05) is 25.4 Å². The van der Waals surface area contributed by atoms with Crippen molar-refractivity contribution < 1.29 is 19.1 Å². The SMILES string of the molecule is COC1(OC)C(=O)C(c2ccccc2)=C(c2ccccc2)C1=O. The third kappa shape index (κ3) is 2.23. The summed E-state index contributed by atoms with van der Waals surface area (Å²) in [7, 11) is 2.60. The summed E-state index contributed by atoms with van der Waals surface area (Å²) in [5.41, 5.74) is 1.98. The van der Waals surface area contributed by atoms with Gasteiger partial charge in [-0.2, -0.15) is 0 Å². The van der Waals surface area contributed by atoms with E-state index in [1.807, 2.05) is 36.4 Å². The first kappa shape index (κ1) is 15.3. The second-order valence-corrected chi connectivity index (χ2v) is 5.17. The van der Waals surface area contributed by atoms with Crippen LogP contribution >= 0.6 is 0 Å². The lowest BCUT2D eigenvalue weighted by Gasteiger charge is -2.22. The smallest absolute Gasteiger partial charge is 0.299 e. The number of rotatable bonds is 4. The highest BCUT2D eigenvalue weighted by molar-refractivity contribution is 6.55. The third-order valence-electron chi connectivity index (χ3n) is 4.00. The average molecular weight is 308 g/mol. The molecule has 0 saturated heterocycles. The van der Waals surface area contributed by atoms with E-state index in [2.05, 4.69) is 0 Å². The largest absolute Gasteiger partial charge is 0.341 e. The summed E-state index contributed by atoms with van der Waals surface area (Å²) < 4.78 is 10.4. The van der Waals surface area contributed by atoms with Gasteiger partial charge in [0.25, 0.3) is 5.79 Å².